The van der Waals surface area contributed by atoms with Crippen molar-refractivity contribution < 1.29 is 4.74 Å². The first-order valence-electron chi connectivity index (χ1n) is 7.10. The first-order chi connectivity index (χ1) is 9.72. The SMILES string of the molecule is CCC(C)c1ccc(OCc2cccc(CN)n2)cc1. The zero-order chi connectivity index (χ0) is 14.4. The molecular formula is C17H22N2O. The molecule has 1 atom stereocenters. The van der Waals surface area contributed by atoms with Gasteiger partial charge in [0, 0.05) is 6.54 Å². The fraction of sp³-hybridized carbons (Fsp3) is 0.353. The number of rotatable bonds is 6. The van der Waals surface area contributed by atoms with Crippen LogP contribution < -0.4 is 10.5 Å². The molecule has 0 amide bonds. The van der Waals surface area contributed by atoms with Crippen molar-refractivity contribution in [3.8, 4) is 5.75 Å². The third kappa shape index (κ3) is 3.81. The maximum Gasteiger partial charge on any atom is 0.130 e. The van der Waals surface area contributed by atoms with Gasteiger partial charge in [-0.1, -0.05) is 32.0 Å². The van der Waals surface area contributed by atoms with E-state index in [-0.39, 0.29) is 0 Å². The standard InChI is InChI=1S/C17H22N2O/c1-3-13(2)14-7-9-17(10-8-14)20-12-16-6-4-5-15(11-18)19-16/h4-10,13H,3,11-12,18H2,1-2H3. The Morgan fingerprint density at radius 2 is 1.80 bits per heavy atom. The molecule has 1 heterocycles. The highest BCUT2D eigenvalue weighted by molar-refractivity contribution is 5.29. The van der Waals surface area contributed by atoms with Crippen LogP contribution in [0.25, 0.3) is 0 Å². The van der Waals surface area contributed by atoms with Crippen LogP contribution in [0.3, 0.4) is 0 Å². The summed E-state index contributed by atoms with van der Waals surface area (Å²) in [5, 5.41) is 0. The lowest BCUT2D eigenvalue weighted by atomic mass is 9.99. The normalized spacial score (nSPS) is 12.2. The number of ether oxygens (including phenoxy) is 1. The van der Waals surface area contributed by atoms with Gasteiger partial charge in [-0.25, -0.2) is 0 Å². The van der Waals surface area contributed by atoms with Crippen molar-refractivity contribution in [1.82, 2.24) is 4.98 Å². The zero-order valence-corrected chi connectivity index (χ0v) is 12.2. The summed E-state index contributed by atoms with van der Waals surface area (Å²) in [5.41, 5.74) is 8.72. The number of nitrogens with zero attached hydrogens (tertiary/aromatic N) is 1. The van der Waals surface area contributed by atoms with Gasteiger partial charge in [0.25, 0.3) is 0 Å². The summed E-state index contributed by atoms with van der Waals surface area (Å²) in [4.78, 5) is 4.42. The molecule has 106 valence electrons. The summed E-state index contributed by atoms with van der Waals surface area (Å²) in [6.45, 7) is 5.36. The highest BCUT2D eigenvalue weighted by atomic mass is 16.5. The van der Waals surface area contributed by atoms with Gasteiger partial charge in [0.2, 0.25) is 0 Å². The van der Waals surface area contributed by atoms with Crippen molar-refractivity contribution in [2.45, 2.75) is 39.3 Å². The van der Waals surface area contributed by atoms with Crippen LogP contribution in [0.4, 0.5) is 0 Å². The van der Waals surface area contributed by atoms with Crippen LogP contribution in [-0.4, -0.2) is 4.98 Å². The number of aromatic nitrogens is 1. The second-order valence-corrected chi connectivity index (χ2v) is 4.99. The van der Waals surface area contributed by atoms with E-state index >= 15 is 0 Å². The highest BCUT2D eigenvalue weighted by Gasteiger charge is 2.03. The fourth-order valence-corrected chi connectivity index (χ4v) is 2.01. The maximum atomic E-state index is 5.76. The topological polar surface area (TPSA) is 48.1 Å². The van der Waals surface area contributed by atoms with Crippen LogP contribution in [0.2, 0.25) is 0 Å². The largest absolute Gasteiger partial charge is 0.487 e. The van der Waals surface area contributed by atoms with Crippen molar-refractivity contribution >= 4 is 0 Å². The summed E-state index contributed by atoms with van der Waals surface area (Å²) < 4.78 is 5.76. The zero-order valence-electron chi connectivity index (χ0n) is 12.2. The van der Waals surface area contributed by atoms with Crippen molar-refractivity contribution in [3.05, 3.63) is 59.4 Å². The molecular weight excluding hydrogens is 248 g/mol. The Morgan fingerprint density at radius 1 is 1.10 bits per heavy atom. The monoisotopic (exact) mass is 270 g/mol. The molecule has 0 aliphatic carbocycles. The Balaban J connectivity index is 1.96. The van der Waals surface area contributed by atoms with Gasteiger partial charge in [-0.15, -0.1) is 0 Å². The van der Waals surface area contributed by atoms with E-state index < -0.39 is 0 Å². The summed E-state index contributed by atoms with van der Waals surface area (Å²) in [6, 6.07) is 14.1. The smallest absolute Gasteiger partial charge is 0.130 e. The lowest BCUT2D eigenvalue weighted by Gasteiger charge is -2.11. The molecule has 3 heteroatoms. The molecule has 1 aromatic carbocycles. The van der Waals surface area contributed by atoms with Gasteiger partial charge in [-0.05, 0) is 42.2 Å². The number of hydrogen-bond acceptors (Lipinski definition) is 3. The predicted octanol–water partition coefficient (Wildman–Crippen LogP) is 3.63. The van der Waals surface area contributed by atoms with E-state index in [1.165, 1.54) is 5.56 Å². The molecule has 0 aliphatic heterocycles. The highest BCUT2D eigenvalue weighted by Crippen LogP contribution is 2.21. The molecule has 0 aliphatic rings. The van der Waals surface area contributed by atoms with Crippen LogP contribution in [0.15, 0.2) is 42.5 Å². The number of hydrogen-bond donors (Lipinski definition) is 1. The van der Waals surface area contributed by atoms with Crippen LogP contribution in [0, 0.1) is 0 Å². The molecule has 0 radical (unpaired) electrons. The molecule has 0 saturated carbocycles. The fourth-order valence-electron chi connectivity index (χ4n) is 2.01. The molecule has 20 heavy (non-hydrogen) atoms. The van der Waals surface area contributed by atoms with Gasteiger partial charge in [-0.2, -0.15) is 0 Å². The summed E-state index contributed by atoms with van der Waals surface area (Å²) in [6.07, 6.45) is 1.15. The molecule has 1 aromatic heterocycles. The third-order valence-electron chi connectivity index (χ3n) is 3.52. The van der Waals surface area contributed by atoms with E-state index in [2.05, 4.69) is 31.0 Å². The molecule has 0 bridgehead atoms. The van der Waals surface area contributed by atoms with Crippen LogP contribution in [0.5, 0.6) is 5.75 Å². The quantitative estimate of drug-likeness (QED) is 0.872. The maximum absolute atomic E-state index is 5.76. The Bertz CT molecular complexity index is 537. The Kier molecular flexibility index (Phi) is 5.13. The van der Waals surface area contributed by atoms with E-state index in [0.717, 1.165) is 23.6 Å². The summed E-state index contributed by atoms with van der Waals surface area (Å²) in [7, 11) is 0. The number of benzene rings is 1. The average molecular weight is 270 g/mol. The minimum absolute atomic E-state index is 0.456. The minimum atomic E-state index is 0.456. The van der Waals surface area contributed by atoms with Crippen molar-refractivity contribution in [3.63, 3.8) is 0 Å². The van der Waals surface area contributed by atoms with E-state index in [0.29, 0.717) is 19.1 Å². The molecule has 3 nitrogen and oxygen atoms in total. The van der Waals surface area contributed by atoms with E-state index in [1.807, 2.05) is 30.3 Å². The van der Waals surface area contributed by atoms with Crippen molar-refractivity contribution in [1.29, 1.82) is 0 Å². The van der Waals surface area contributed by atoms with Gasteiger partial charge in [0.1, 0.15) is 12.4 Å². The molecule has 0 saturated heterocycles. The van der Waals surface area contributed by atoms with Crippen LogP contribution in [0.1, 0.15) is 43.1 Å². The van der Waals surface area contributed by atoms with Crippen molar-refractivity contribution in [2.24, 2.45) is 5.73 Å². The third-order valence-corrected chi connectivity index (χ3v) is 3.52. The molecule has 2 aromatic rings. The predicted molar refractivity (Wildman–Crippen MR) is 81.6 cm³/mol. The van der Waals surface area contributed by atoms with Gasteiger partial charge < -0.3 is 10.5 Å². The average Bonchev–Trinajstić information content (AvgIpc) is 2.53. The lowest BCUT2D eigenvalue weighted by molar-refractivity contribution is 0.301. The molecule has 0 fully saturated rings. The Labute approximate surface area is 120 Å². The number of nitrogens with two attached hydrogens (primary N) is 1. The van der Waals surface area contributed by atoms with Gasteiger partial charge in [0.05, 0.1) is 11.4 Å². The lowest BCUT2D eigenvalue weighted by Crippen LogP contribution is -2.04. The first kappa shape index (κ1) is 14.5. The van der Waals surface area contributed by atoms with Crippen molar-refractivity contribution in [2.75, 3.05) is 0 Å². The van der Waals surface area contributed by atoms with Crippen LogP contribution >= 0.6 is 0 Å². The summed E-state index contributed by atoms with van der Waals surface area (Å²) >= 11 is 0. The molecule has 2 N–H and O–H groups in total. The molecule has 1 unspecified atom stereocenters. The van der Waals surface area contributed by atoms with E-state index in [9.17, 15) is 0 Å². The van der Waals surface area contributed by atoms with Crippen LogP contribution in [-0.2, 0) is 13.2 Å². The summed E-state index contributed by atoms with van der Waals surface area (Å²) in [5.74, 6) is 1.46. The first-order valence-corrected chi connectivity index (χ1v) is 7.10. The second kappa shape index (κ2) is 7.06. The van der Waals surface area contributed by atoms with E-state index in [1.54, 1.807) is 0 Å². The van der Waals surface area contributed by atoms with Gasteiger partial charge in [0.15, 0.2) is 0 Å². The van der Waals surface area contributed by atoms with Gasteiger partial charge in [-0.3, -0.25) is 4.98 Å². The van der Waals surface area contributed by atoms with Gasteiger partial charge >= 0.3 is 0 Å². The molecule has 2 rings (SSSR count). The Morgan fingerprint density at radius 3 is 2.45 bits per heavy atom. The minimum Gasteiger partial charge on any atom is -0.487 e. The Hall–Kier alpha value is -1.87. The second-order valence-electron chi connectivity index (χ2n) is 4.99. The van der Waals surface area contributed by atoms with E-state index in [4.69, 9.17) is 10.5 Å². The molecule has 0 spiro atoms. The number of pyridine rings is 1.